The van der Waals surface area contributed by atoms with Crippen LogP contribution in [0.1, 0.15) is 44.7 Å². The molecule has 0 spiro atoms. The largest absolute Gasteiger partial charge is 0.489 e. The lowest BCUT2D eigenvalue weighted by molar-refractivity contribution is -0.0568. The van der Waals surface area contributed by atoms with Gasteiger partial charge in [0, 0.05) is 36.1 Å². The lowest BCUT2D eigenvalue weighted by Gasteiger charge is -2.36. The monoisotopic (exact) mass is 693 g/mol. The molecule has 0 radical (unpaired) electrons. The summed E-state index contributed by atoms with van der Waals surface area (Å²) in [6.07, 6.45) is 0.539. The van der Waals surface area contributed by atoms with Gasteiger partial charge in [0.05, 0.1) is 18.3 Å². The molecule has 3 rings (SSSR count). The number of amides is 1. The van der Waals surface area contributed by atoms with Crippen LogP contribution in [0.5, 0.6) is 5.75 Å². The SMILES string of the molecule is COCOCC(CCc1ccc(Sc2cccc(OCc3ccccc3)c2)cc1Cl)(CCP(=O)(OC)OC)NC(=O)OC(C)(C)C. The number of benzene rings is 3. The van der Waals surface area contributed by atoms with Gasteiger partial charge >= 0.3 is 13.7 Å². The summed E-state index contributed by atoms with van der Waals surface area (Å²) in [7, 11) is 0.798. The van der Waals surface area contributed by atoms with Crippen molar-refractivity contribution >= 4 is 37.1 Å². The van der Waals surface area contributed by atoms with Gasteiger partial charge in [0.2, 0.25) is 0 Å². The van der Waals surface area contributed by atoms with Gasteiger partial charge < -0.3 is 33.3 Å². The summed E-state index contributed by atoms with van der Waals surface area (Å²) in [6, 6.07) is 23.9. The van der Waals surface area contributed by atoms with Crippen LogP contribution < -0.4 is 10.1 Å². The number of alkyl carbamates (subject to hydrolysis) is 1. The van der Waals surface area contributed by atoms with E-state index in [0.717, 1.165) is 26.7 Å². The maximum Gasteiger partial charge on any atom is 0.408 e. The number of nitrogens with one attached hydrogen (secondary N) is 1. The molecule has 1 unspecified atom stereocenters. The van der Waals surface area contributed by atoms with Crippen molar-refractivity contribution in [1.82, 2.24) is 5.32 Å². The number of ether oxygens (including phenoxy) is 4. The molecule has 0 saturated carbocycles. The molecule has 0 aromatic heterocycles. The van der Waals surface area contributed by atoms with Crippen molar-refractivity contribution in [3.8, 4) is 5.75 Å². The average molecular weight is 694 g/mol. The Labute approximate surface area is 282 Å². The number of halogens is 1. The van der Waals surface area contributed by atoms with Crippen molar-refractivity contribution in [2.24, 2.45) is 0 Å². The van der Waals surface area contributed by atoms with Crippen LogP contribution in [0.4, 0.5) is 4.79 Å². The highest BCUT2D eigenvalue weighted by molar-refractivity contribution is 7.99. The van der Waals surface area contributed by atoms with Crippen molar-refractivity contribution in [2.75, 3.05) is 40.9 Å². The van der Waals surface area contributed by atoms with Gasteiger partial charge in [-0.15, -0.1) is 0 Å². The molecule has 0 aliphatic carbocycles. The molecular formula is C34H45ClNO8PS. The fourth-order valence-electron chi connectivity index (χ4n) is 4.55. The van der Waals surface area contributed by atoms with Crippen LogP contribution in [0.3, 0.4) is 0 Å². The number of aryl methyl sites for hydroxylation is 1. The minimum Gasteiger partial charge on any atom is -0.489 e. The molecule has 0 aliphatic heterocycles. The molecule has 12 heteroatoms. The third-order valence-corrected chi connectivity index (χ3v) is 10.2. The van der Waals surface area contributed by atoms with Gasteiger partial charge in [-0.25, -0.2) is 4.79 Å². The summed E-state index contributed by atoms with van der Waals surface area (Å²) in [5, 5.41) is 3.58. The topological polar surface area (TPSA) is 102 Å². The molecule has 3 aromatic rings. The lowest BCUT2D eigenvalue weighted by Crippen LogP contribution is -2.54. The second-order valence-electron chi connectivity index (χ2n) is 11.7. The molecule has 1 atom stereocenters. The maximum absolute atomic E-state index is 13.0. The number of carbonyl (C=O) groups is 1. The molecule has 46 heavy (non-hydrogen) atoms. The zero-order valence-electron chi connectivity index (χ0n) is 27.4. The summed E-state index contributed by atoms with van der Waals surface area (Å²) >= 11 is 8.38. The summed E-state index contributed by atoms with van der Waals surface area (Å²) < 4.78 is 45.8. The van der Waals surface area contributed by atoms with Crippen molar-refractivity contribution in [1.29, 1.82) is 0 Å². The van der Waals surface area contributed by atoms with E-state index in [1.165, 1.54) is 21.3 Å². The molecule has 1 N–H and O–H groups in total. The van der Waals surface area contributed by atoms with Gasteiger partial charge in [-0.2, -0.15) is 0 Å². The van der Waals surface area contributed by atoms with Crippen LogP contribution >= 0.6 is 31.0 Å². The van der Waals surface area contributed by atoms with Crippen LogP contribution in [-0.4, -0.2) is 58.1 Å². The Bertz CT molecular complexity index is 1430. The first-order chi connectivity index (χ1) is 21.9. The Hall–Kier alpha value is -2.56. The van der Waals surface area contributed by atoms with Crippen LogP contribution in [0, 0.1) is 0 Å². The molecular weight excluding hydrogens is 649 g/mol. The normalized spacial score (nSPS) is 13.2. The molecule has 1 amide bonds. The number of rotatable bonds is 18. The van der Waals surface area contributed by atoms with Gasteiger partial charge in [-0.3, -0.25) is 4.57 Å². The number of carbonyl (C=O) groups excluding carboxylic acids is 1. The fourth-order valence-corrected chi connectivity index (χ4v) is 7.01. The standard InChI is InChI=1S/C34H45ClNO8PS/c1-33(2,3)44-32(37)36-34(24-42-25-39-4,19-20-45(38,40-5)41-6)18-17-27-15-16-30(22-31(27)35)46-29-14-10-13-28(21-29)43-23-26-11-8-7-9-12-26/h7-16,21-22H,17-20,23-25H2,1-6H3,(H,36,37). The molecule has 252 valence electrons. The Morgan fingerprint density at radius 1 is 0.913 bits per heavy atom. The van der Waals surface area contributed by atoms with E-state index in [-0.39, 0.29) is 26.0 Å². The first-order valence-corrected chi connectivity index (χ1v) is 17.8. The average Bonchev–Trinajstić information content (AvgIpc) is 3.02. The summed E-state index contributed by atoms with van der Waals surface area (Å²) in [4.78, 5) is 15.0. The molecule has 0 bridgehead atoms. The summed E-state index contributed by atoms with van der Waals surface area (Å²) in [5.41, 5.74) is 0.270. The van der Waals surface area contributed by atoms with Crippen LogP contribution in [-0.2, 0) is 40.9 Å². The van der Waals surface area contributed by atoms with E-state index < -0.39 is 24.8 Å². The third-order valence-electron chi connectivity index (χ3n) is 6.95. The Morgan fingerprint density at radius 3 is 2.28 bits per heavy atom. The zero-order valence-corrected chi connectivity index (χ0v) is 29.8. The second-order valence-corrected chi connectivity index (χ2v) is 15.7. The van der Waals surface area contributed by atoms with Gasteiger partial charge in [0.1, 0.15) is 24.8 Å². The molecule has 0 saturated heterocycles. The van der Waals surface area contributed by atoms with Gasteiger partial charge in [0.15, 0.2) is 0 Å². The van der Waals surface area contributed by atoms with E-state index in [1.54, 1.807) is 32.5 Å². The van der Waals surface area contributed by atoms with E-state index in [0.29, 0.717) is 24.5 Å². The Morgan fingerprint density at radius 2 is 1.63 bits per heavy atom. The van der Waals surface area contributed by atoms with Crippen LogP contribution in [0.25, 0.3) is 0 Å². The third kappa shape index (κ3) is 12.9. The van der Waals surface area contributed by atoms with E-state index in [9.17, 15) is 9.36 Å². The second kappa shape index (κ2) is 18.1. The first kappa shape index (κ1) is 37.9. The fraction of sp³-hybridized carbons (Fsp3) is 0.441. The van der Waals surface area contributed by atoms with Crippen LogP contribution in [0.15, 0.2) is 82.6 Å². The van der Waals surface area contributed by atoms with Crippen molar-refractivity contribution < 1.29 is 37.4 Å². The number of hydrogen-bond donors (Lipinski definition) is 1. The van der Waals surface area contributed by atoms with E-state index in [4.69, 9.17) is 39.6 Å². The minimum absolute atomic E-state index is 0.00906. The molecule has 3 aromatic carbocycles. The van der Waals surface area contributed by atoms with Gasteiger partial charge in [-0.05, 0) is 81.5 Å². The van der Waals surface area contributed by atoms with Gasteiger partial charge in [-0.1, -0.05) is 65.8 Å². The first-order valence-electron chi connectivity index (χ1n) is 14.9. The maximum atomic E-state index is 13.0. The smallest absolute Gasteiger partial charge is 0.408 e. The number of methoxy groups -OCH3 is 1. The van der Waals surface area contributed by atoms with Crippen LogP contribution in [0.2, 0.25) is 5.02 Å². The van der Waals surface area contributed by atoms with Crippen molar-refractivity contribution in [2.45, 2.75) is 67.6 Å². The van der Waals surface area contributed by atoms with E-state index >= 15 is 0 Å². The van der Waals surface area contributed by atoms with Crippen molar-refractivity contribution in [3.63, 3.8) is 0 Å². The number of hydrogen-bond acceptors (Lipinski definition) is 9. The Kier molecular flexibility index (Phi) is 14.9. The van der Waals surface area contributed by atoms with E-state index in [1.807, 2.05) is 72.8 Å². The highest BCUT2D eigenvalue weighted by Crippen LogP contribution is 2.48. The minimum atomic E-state index is -3.39. The predicted molar refractivity (Wildman–Crippen MR) is 182 cm³/mol. The Balaban J connectivity index is 1.76. The summed E-state index contributed by atoms with van der Waals surface area (Å²) in [5.74, 6) is 0.785. The highest BCUT2D eigenvalue weighted by atomic mass is 35.5. The molecule has 0 fully saturated rings. The van der Waals surface area contributed by atoms with E-state index in [2.05, 4.69) is 5.32 Å². The quantitative estimate of drug-likeness (QED) is 0.0796. The zero-order chi connectivity index (χ0) is 33.6. The predicted octanol–water partition coefficient (Wildman–Crippen LogP) is 8.76. The molecule has 9 nitrogen and oxygen atoms in total. The molecule has 0 aliphatic rings. The molecule has 0 heterocycles. The lowest BCUT2D eigenvalue weighted by atomic mass is 9.89. The summed E-state index contributed by atoms with van der Waals surface area (Å²) in [6.45, 7) is 5.93. The highest BCUT2D eigenvalue weighted by Gasteiger charge is 2.37. The van der Waals surface area contributed by atoms with Gasteiger partial charge in [0.25, 0.3) is 0 Å². The van der Waals surface area contributed by atoms with Crippen molar-refractivity contribution in [3.05, 3.63) is 88.9 Å².